The molecule has 0 saturated carbocycles. The summed E-state index contributed by atoms with van der Waals surface area (Å²) in [6.07, 6.45) is 0. The Bertz CT molecular complexity index is 594. The number of benzene rings is 1. The third-order valence-corrected chi connectivity index (χ3v) is 3.51. The molecule has 2 aromatic rings. The van der Waals surface area contributed by atoms with E-state index in [1.165, 1.54) is 0 Å². The largest absolute Gasteiger partial charge is 0.475 e. The Morgan fingerprint density at radius 3 is 2.82 bits per heavy atom. The molecular formula is C11H7BrINO3. The van der Waals surface area contributed by atoms with Gasteiger partial charge in [0.25, 0.3) is 0 Å². The number of oxazole rings is 1. The molecule has 88 valence electrons. The first-order valence-corrected chi connectivity index (χ1v) is 6.52. The van der Waals surface area contributed by atoms with Crippen LogP contribution in [0.15, 0.2) is 27.1 Å². The van der Waals surface area contributed by atoms with E-state index in [0.717, 1.165) is 13.6 Å². The molecule has 0 aliphatic heterocycles. The minimum Gasteiger partial charge on any atom is -0.475 e. The van der Waals surface area contributed by atoms with Gasteiger partial charge in [-0.1, -0.05) is 0 Å². The number of aromatic nitrogens is 1. The van der Waals surface area contributed by atoms with Crippen LogP contribution in [0.2, 0.25) is 0 Å². The summed E-state index contributed by atoms with van der Waals surface area (Å²) in [5.41, 5.74) is 1.12. The summed E-state index contributed by atoms with van der Waals surface area (Å²) in [4.78, 5) is 15.0. The summed E-state index contributed by atoms with van der Waals surface area (Å²) in [5.74, 6) is -0.918. The van der Waals surface area contributed by atoms with Gasteiger partial charge in [-0.25, -0.2) is 9.78 Å². The molecule has 1 aromatic heterocycles. The van der Waals surface area contributed by atoms with Crippen LogP contribution in [-0.2, 0) is 0 Å². The minimum atomic E-state index is -1.11. The SMILES string of the molecule is Cc1nc(-c2cc(I)ccc2Br)oc1C(=O)O. The van der Waals surface area contributed by atoms with E-state index in [2.05, 4.69) is 43.5 Å². The summed E-state index contributed by atoms with van der Waals surface area (Å²) >= 11 is 5.56. The molecule has 2 rings (SSSR count). The maximum absolute atomic E-state index is 10.9. The van der Waals surface area contributed by atoms with Crippen LogP contribution in [0.4, 0.5) is 0 Å². The average Bonchev–Trinajstić information content (AvgIpc) is 2.64. The van der Waals surface area contributed by atoms with Crippen molar-refractivity contribution < 1.29 is 14.3 Å². The number of rotatable bonds is 2. The quantitative estimate of drug-likeness (QED) is 0.770. The van der Waals surface area contributed by atoms with Gasteiger partial charge < -0.3 is 9.52 Å². The lowest BCUT2D eigenvalue weighted by Crippen LogP contribution is -1.95. The van der Waals surface area contributed by atoms with Gasteiger partial charge in [-0.15, -0.1) is 0 Å². The molecular weight excluding hydrogens is 401 g/mol. The predicted octanol–water partition coefficient (Wildman–Crippen LogP) is 3.72. The van der Waals surface area contributed by atoms with Gasteiger partial charge in [0, 0.05) is 8.04 Å². The Morgan fingerprint density at radius 2 is 2.24 bits per heavy atom. The van der Waals surface area contributed by atoms with Gasteiger partial charge in [0.05, 0.1) is 11.3 Å². The molecule has 0 bridgehead atoms. The monoisotopic (exact) mass is 407 g/mol. The lowest BCUT2D eigenvalue weighted by molar-refractivity contribution is 0.0662. The number of carboxylic acid groups (broad SMARTS) is 1. The summed E-state index contributed by atoms with van der Waals surface area (Å²) < 4.78 is 7.09. The van der Waals surface area contributed by atoms with Crippen molar-refractivity contribution in [3.8, 4) is 11.5 Å². The van der Waals surface area contributed by atoms with Crippen LogP contribution >= 0.6 is 38.5 Å². The first kappa shape index (κ1) is 12.6. The molecule has 1 heterocycles. The molecule has 6 heteroatoms. The summed E-state index contributed by atoms with van der Waals surface area (Å²) in [5, 5.41) is 8.90. The second-order valence-corrected chi connectivity index (χ2v) is 5.46. The Kier molecular flexibility index (Phi) is 3.53. The van der Waals surface area contributed by atoms with Gasteiger partial charge in [-0.3, -0.25) is 0 Å². The number of carboxylic acids is 1. The van der Waals surface area contributed by atoms with E-state index in [-0.39, 0.29) is 5.76 Å². The van der Waals surface area contributed by atoms with Gasteiger partial charge in [-0.2, -0.15) is 0 Å². The molecule has 0 saturated heterocycles. The normalized spacial score (nSPS) is 10.5. The Hall–Kier alpha value is -0.890. The summed E-state index contributed by atoms with van der Waals surface area (Å²) in [6, 6.07) is 5.68. The molecule has 0 fully saturated rings. The van der Waals surface area contributed by atoms with Crippen LogP contribution in [0.3, 0.4) is 0 Å². The van der Waals surface area contributed by atoms with Gasteiger partial charge in [0.2, 0.25) is 11.7 Å². The highest BCUT2D eigenvalue weighted by atomic mass is 127. The summed E-state index contributed by atoms with van der Waals surface area (Å²) in [7, 11) is 0. The van der Waals surface area contributed by atoms with Crippen LogP contribution in [0.25, 0.3) is 11.5 Å². The predicted molar refractivity (Wildman–Crippen MR) is 74.1 cm³/mol. The third-order valence-electron chi connectivity index (χ3n) is 2.15. The van der Waals surface area contributed by atoms with Crippen LogP contribution in [0.1, 0.15) is 16.2 Å². The maximum atomic E-state index is 10.9. The number of hydrogen-bond acceptors (Lipinski definition) is 3. The minimum absolute atomic E-state index is 0.120. The molecule has 4 nitrogen and oxygen atoms in total. The number of nitrogens with zero attached hydrogens (tertiary/aromatic N) is 1. The fourth-order valence-corrected chi connectivity index (χ4v) is 2.28. The fraction of sp³-hybridized carbons (Fsp3) is 0.0909. The smallest absolute Gasteiger partial charge is 0.373 e. The lowest BCUT2D eigenvalue weighted by Gasteiger charge is -2.00. The molecule has 0 spiro atoms. The highest BCUT2D eigenvalue weighted by molar-refractivity contribution is 14.1. The van der Waals surface area contributed by atoms with Crippen molar-refractivity contribution in [3.05, 3.63) is 37.7 Å². The second-order valence-electron chi connectivity index (χ2n) is 3.36. The van der Waals surface area contributed by atoms with Gasteiger partial charge in [-0.05, 0) is 63.6 Å². The van der Waals surface area contributed by atoms with Crippen molar-refractivity contribution in [2.24, 2.45) is 0 Å². The Balaban J connectivity index is 2.57. The number of halogens is 2. The van der Waals surface area contributed by atoms with Gasteiger partial charge >= 0.3 is 5.97 Å². The molecule has 1 aromatic carbocycles. The third kappa shape index (κ3) is 2.52. The van der Waals surface area contributed by atoms with E-state index in [1.807, 2.05) is 18.2 Å². The van der Waals surface area contributed by atoms with Crippen LogP contribution in [-0.4, -0.2) is 16.1 Å². The number of carbonyl (C=O) groups is 1. The highest BCUT2D eigenvalue weighted by Crippen LogP contribution is 2.30. The van der Waals surface area contributed by atoms with Crippen LogP contribution in [0, 0.1) is 10.5 Å². The Labute approximate surface area is 119 Å². The zero-order valence-electron chi connectivity index (χ0n) is 8.70. The average molecular weight is 408 g/mol. The number of hydrogen-bond donors (Lipinski definition) is 1. The van der Waals surface area contributed by atoms with Crippen molar-refractivity contribution in [2.75, 3.05) is 0 Å². The first-order chi connectivity index (χ1) is 7.99. The summed E-state index contributed by atoms with van der Waals surface area (Å²) in [6.45, 7) is 1.61. The molecule has 1 N–H and O–H groups in total. The van der Waals surface area contributed by atoms with Crippen molar-refractivity contribution in [3.63, 3.8) is 0 Å². The zero-order valence-corrected chi connectivity index (χ0v) is 12.4. The van der Waals surface area contributed by atoms with E-state index < -0.39 is 5.97 Å². The van der Waals surface area contributed by atoms with E-state index in [4.69, 9.17) is 9.52 Å². The van der Waals surface area contributed by atoms with Crippen molar-refractivity contribution in [2.45, 2.75) is 6.92 Å². The molecule has 0 radical (unpaired) electrons. The standard InChI is InChI=1S/C11H7BrINO3/c1-5-9(11(15)16)17-10(14-5)7-4-6(13)2-3-8(7)12/h2-4H,1H3,(H,15,16). The highest BCUT2D eigenvalue weighted by Gasteiger charge is 2.18. The second kappa shape index (κ2) is 4.77. The Morgan fingerprint density at radius 1 is 1.53 bits per heavy atom. The van der Waals surface area contributed by atoms with Crippen LogP contribution in [0.5, 0.6) is 0 Å². The molecule has 17 heavy (non-hydrogen) atoms. The maximum Gasteiger partial charge on any atom is 0.373 e. The van der Waals surface area contributed by atoms with Crippen molar-refractivity contribution in [1.82, 2.24) is 4.98 Å². The van der Waals surface area contributed by atoms with E-state index in [0.29, 0.717) is 11.6 Å². The molecule has 0 amide bonds. The van der Waals surface area contributed by atoms with E-state index in [9.17, 15) is 4.79 Å². The molecule has 0 aliphatic carbocycles. The molecule has 0 aliphatic rings. The van der Waals surface area contributed by atoms with Crippen molar-refractivity contribution in [1.29, 1.82) is 0 Å². The van der Waals surface area contributed by atoms with Crippen LogP contribution < -0.4 is 0 Å². The fourth-order valence-electron chi connectivity index (χ4n) is 1.37. The molecule has 0 unspecified atom stereocenters. The first-order valence-electron chi connectivity index (χ1n) is 4.65. The lowest BCUT2D eigenvalue weighted by atomic mass is 10.2. The van der Waals surface area contributed by atoms with Gasteiger partial charge in [0.15, 0.2) is 0 Å². The zero-order chi connectivity index (χ0) is 12.6. The van der Waals surface area contributed by atoms with E-state index in [1.54, 1.807) is 6.92 Å². The number of aryl methyl sites for hydroxylation is 1. The van der Waals surface area contributed by atoms with Gasteiger partial charge in [0.1, 0.15) is 0 Å². The topological polar surface area (TPSA) is 63.3 Å². The van der Waals surface area contributed by atoms with E-state index >= 15 is 0 Å². The molecule has 0 atom stereocenters. The number of aromatic carboxylic acids is 1. The van der Waals surface area contributed by atoms with Crippen molar-refractivity contribution >= 4 is 44.5 Å².